The van der Waals surface area contributed by atoms with Crippen LogP contribution in [-0.2, 0) is 4.79 Å². The van der Waals surface area contributed by atoms with E-state index >= 15 is 0 Å². The van der Waals surface area contributed by atoms with Gasteiger partial charge in [0.05, 0.1) is 0 Å². The largest absolute Gasteiger partial charge is 0.491 e. The number of hydrogen-bond donors (Lipinski definition) is 3. The third-order valence-corrected chi connectivity index (χ3v) is 2.77. The first-order valence-electron chi connectivity index (χ1n) is 6.83. The van der Waals surface area contributed by atoms with E-state index in [0.717, 1.165) is 5.69 Å². The summed E-state index contributed by atoms with van der Waals surface area (Å²) in [7, 11) is 0. The van der Waals surface area contributed by atoms with Crippen molar-refractivity contribution in [3.05, 3.63) is 24.3 Å². The average molecular weight is 280 g/mol. The minimum atomic E-state index is -0.576. The fourth-order valence-corrected chi connectivity index (χ4v) is 1.80. The van der Waals surface area contributed by atoms with Crippen LogP contribution in [0.5, 0.6) is 5.75 Å². The lowest BCUT2D eigenvalue weighted by Gasteiger charge is -2.22. The maximum Gasteiger partial charge on any atom is 0.221 e. The fraction of sp³-hybridized carbons (Fsp3) is 0.533. The third-order valence-electron chi connectivity index (χ3n) is 2.77. The quantitative estimate of drug-likeness (QED) is 0.712. The van der Waals surface area contributed by atoms with Crippen molar-refractivity contribution in [2.45, 2.75) is 45.9 Å². The molecule has 0 aliphatic heterocycles. The molecule has 0 radical (unpaired) electrons. The van der Waals surface area contributed by atoms with Crippen LogP contribution >= 0.6 is 0 Å². The molecule has 112 valence electrons. The van der Waals surface area contributed by atoms with Crippen LogP contribution in [0.4, 0.5) is 5.69 Å². The van der Waals surface area contributed by atoms with Gasteiger partial charge in [-0.3, -0.25) is 4.79 Å². The highest BCUT2D eigenvalue weighted by atomic mass is 16.5. The van der Waals surface area contributed by atoms with Gasteiger partial charge in [0.15, 0.2) is 0 Å². The van der Waals surface area contributed by atoms with E-state index in [1.165, 1.54) is 6.92 Å². The second-order valence-corrected chi connectivity index (χ2v) is 5.19. The van der Waals surface area contributed by atoms with E-state index in [4.69, 9.17) is 4.74 Å². The van der Waals surface area contributed by atoms with Crippen LogP contribution in [0, 0.1) is 0 Å². The molecule has 5 heteroatoms. The van der Waals surface area contributed by atoms with Crippen molar-refractivity contribution >= 4 is 11.6 Å². The number of carbonyl (C=O) groups is 1. The minimum Gasteiger partial charge on any atom is -0.491 e. The molecule has 5 nitrogen and oxygen atoms in total. The lowest BCUT2D eigenvalue weighted by molar-refractivity contribution is -0.114. The first-order chi connectivity index (χ1) is 9.38. The van der Waals surface area contributed by atoms with Gasteiger partial charge in [0, 0.05) is 24.7 Å². The van der Waals surface area contributed by atoms with Gasteiger partial charge in [-0.15, -0.1) is 0 Å². The summed E-state index contributed by atoms with van der Waals surface area (Å²) >= 11 is 0. The normalized spacial score (nSPS) is 13.9. The summed E-state index contributed by atoms with van der Waals surface area (Å²) < 4.78 is 5.53. The Bertz CT molecular complexity index is 418. The van der Waals surface area contributed by atoms with Crippen molar-refractivity contribution in [3.63, 3.8) is 0 Å². The number of carbonyl (C=O) groups excluding carboxylic acids is 1. The summed E-state index contributed by atoms with van der Waals surface area (Å²) in [5.41, 5.74) is 0.722. The first kappa shape index (κ1) is 16.5. The standard InChI is InChI=1S/C15H24N2O3/c1-10(2)16-11(3)15(19)9-20-14-7-5-13(6-8-14)17-12(4)18/h5-8,10-11,15-16,19H,9H2,1-4H3,(H,17,18). The van der Waals surface area contributed by atoms with Gasteiger partial charge in [0.1, 0.15) is 18.5 Å². The zero-order valence-electron chi connectivity index (χ0n) is 12.5. The Hall–Kier alpha value is -1.59. The molecule has 0 heterocycles. The molecule has 1 aromatic rings. The molecular formula is C15H24N2O3. The van der Waals surface area contributed by atoms with Crippen molar-refractivity contribution in [2.75, 3.05) is 11.9 Å². The molecule has 1 amide bonds. The molecule has 0 bridgehead atoms. The minimum absolute atomic E-state index is 0.0337. The Morgan fingerprint density at radius 1 is 1.25 bits per heavy atom. The van der Waals surface area contributed by atoms with E-state index in [9.17, 15) is 9.90 Å². The number of benzene rings is 1. The summed E-state index contributed by atoms with van der Waals surface area (Å²) in [6, 6.07) is 7.33. The molecule has 3 N–H and O–H groups in total. The summed E-state index contributed by atoms with van der Waals surface area (Å²) in [6.45, 7) is 7.67. The molecule has 0 aliphatic rings. The van der Waals surface area contributed by atoms with Crippen LogP contribution in [0.1, 0.15) is 27.7 Å². The third kappa shape index (κ3) is 6.04. The summed E-state index contributed by atoms with van der Waals surface area (Å²) in [5, 5.41) is 15.9. The number of rotatable bonds is 7. The number of aliphatic hydroxyl groups excluding tert-OH is 1. The molecule has 2 atom stereocenters. The number of nitrogens with one attached hydrogen (secondary N) is 2. The van der Waals surface area contributed by atoms with Crippen LogP contribution in [0.2, 0.25) is 0 Å². The van der Waals surface area contributed by atoms with Gasteiger partial charge in [-0.1, -0.05) is 13.8 Å². The second-order valence-electron chi connectivity index (χ2n) is 5.19. The summed E-state index contributed by atoms with van der Waals surface area (Å²) in [6.07, 6.45) is -0.576. The Balaban J connectivity index is 2.43. The number of amides is 1. The molecule has 2 unspecified atom stereocenters. The average Bonchev–Trinajstić information content (AvgIpc) is 2.36. The van der Waals surface area contributed by atoms with Gasteiger partial charge < -0.3 is 20.5 Å². The van der Waals surface area contributed by atoms with E-state index in [-0.39, 0.29) is 18.6 Å². The van der Waals surface area contributed by atoms with Crippen molar-refractivity contribution in [2.24, 2.45) is 0 Å². The van der Waals surface area contributed by atoms with Crippen molar-refractivity contribution in [3.8, 4) is 5.75 Å². The highest BCUT2D eigenvalue weighted by molar-refractivity contribution is 5.88. The molecule has 1 aromatic carbocycles. The van der Waals surface area contributed by atoms with Crippen LogP contribution in [0.15, 0.2) is 24.3 Å². The highest BCUT2D eigenvalue weighted by Crippen LogP contribution is 2.16. The van der Waals surface area contributed by atoms with Crippen LogP contribution in [-0.4, -0.2) is 35.8 Å². The molecule has 20 heavy (non-hydrogen) atoms. The Kier molecular flexibility index (Phi) is 6.48. The van der Waals surface area contributed by atoms with Crippen molar-refractivity contribution < 1.29 is 14.6 Å². The lowest BCUT2D eigenvalue weighted by Crippen LogP contribution is -2.43. The number of aliphatic hydroxyl groups is 1. The van der Waals surface area contributed by atoms with Crippen LogP contribution < -0.4 is 15.4 Å². The molecular weight excluding hydrogens is 256 g/mol. The van der Waals surface area contributed by atoms with Crippen molar-refractivity contribution in [1.82, 2.24) is 5.32 Å². The van der Waals surface area contributed by atoms with E-state index in [1.54, 1.807) is 24.3 Å². The summed E-state index contributed by atoms with van der Waals surface area (Å²) in [4.78, 5) is 10.9. The van der Waals surface area contributed by atoms with Gasteiger partial charge in [0.25, 0.3) is 0 Å². The first-order valence-corrected chi connectivity index (χ1v) is 6.83. The van der Waals surface area contributed by atoms with Crippen molar-refractivity contribution in [1.29, 1.82) is 0 Å². The van der Waals surface area contributed by atoms with E-state index in [2.05, 4.69) is 10.6 Å². The van der Waals surface area contributed by atoms with E-state index in [0.29, 0.717) is 11.8 Å². The van der Waals surface area contributed by atoms with Gasteiger partial charge in [-0.05, 0) is 31.2 Å². The Labute approximate surface area is 120 Å². The molecule has 0 spiro atoms. The van der Waals surface area contributed by atoms with Gasteiger partial charge in [0.2, 0.25) is 5.91 Å². The summed E-state index contributed by atoms with van der Waals surface area (Å²) in [5.74, 6) is 0.553. The monoisotopic (exact) mass is 280 g/mol. The van der Waals surface area contributed by atoms with E-state index in [1.807, 2.05) is 20.8 Å². The number of anilines is 1. The predicted molar refractivity (Wildman–Crippen MR) is 80.0 cm³/mol. The predicted octanol–water partition coefficient (Wildman–Crippen LogP) is 1.77. The zero-order chi connectivity index (χ0) is 15.1. The van der Waals surface area contributed by atoms with Crippen LogP contribution in [0.3, 0.4) is 0 Å². The SMILES string of the molecule is CC(=O)Nc1ccc(OCC(O)C(C)NC(C)C)cc1. The number of ether oxygens (including phenoxy) is 1. The highest BCUT2D eigenvalue weighted by Gasteiger charge is 2.15. The van der Waals surface area contributed by atoms with Gasteiger partial charge >= 0.3 is 0 Å². The maximum absolute atomic E-state index is 10.9. The molecule has 0 fully saturated rings. The molecule has 0 aromatic heterocycles. The number of hydrogen-bond acceptors (Lipinski definition) is 4. The zero-order valence-corrected chi connectivity index (χ0v) is 12.5. The van der Waals surface area contributed by atoms with Gasteiger partial charge in [-0.2, -0.15) is 0 Å². The van der Waals surface area contributed by atoms with Gasteiger partial charge in [-0.25, -0.2) is 0 Å². The smallest absolute Gasteiger partial charge is 0.221 e. The second kappa shape index (κ2) is 7.87. The molecule has 0 saturated heterocycles. The maximum atomic E-state index is 10.9. The van der Waals surface area contributed by atoms with Crippen LogP contribution in [0.25, 0.3) is 0 Å². The molecule has 0 saturated carbocycles. The molecule has 0 aliphatic carbocycles. The topological polar surface area (TPSA) is 70.6 Å². The Morgan fingerprint density at radius 2 is 1.85 bits per heavy atom. The lowest BCUT2D eigenvalue weighted by atomic mass is 10.2. The molecule has 1 rings (SSSR count). The Morgan fingerprint density at radius 3 is 2.35 bits per heavy atom. The fourth-order valence-electron chi connectivity index (χ4n) is 1.80. The van der Waals surface area contributed by atoms with E-state index < -0.39 is 6.10 Å².